The Kier molecular flexibility index (Phi) is 7.29. The SMILES string of the molecule is O=C(O)CCC(C(=O)O)C(CNc1cccc(C(=O)O)c1)[P+](=O)O. The second-order valence-electron chi connectivity index (χ2n) is 5.01. The van der Waals surface area contributed by atoms with Crippen LogP contribution in [0, 0.1) is 5.92 Å². The lowest BCUT2D eigenvalue weighted by Gasteiger charge is -2.15. The highest BCUT2D eigenvalue weighted by atomic mass is 31.1. The van der Waals surface area contributed by atoms with Crippen LogP contribution in [0.3, 0.4) is 0 Å². The molecule has 0 aromatic heterocycles. The molecule has 0 aliphatic heterocycles. The van der Waals surface area contributed by atoms with Gasteiger partial charge in [0.1, 0.15) is 5.92 Å². The quantitative estimate of drug-likeness (QED) is 0.390. The van der Waals surface area contributed by atoms with Crippen molar-refractivity contribution in [1.82, 2.24) is 0 Å². The van der Waals surface area contributed by atoms with Gasteiger partial charge >= 0.3 is 25.9 Å². The first-order chi connectivity index (χ1) is 11.2. The number of aliphatic carboxylic acids is 2. The van der Waals surface area contributed by atoms with Gasteiger partial charge in [-0.1, -0.05) is 6.07 Å². The molecule has 0 spiro atoms. The summed E-state index contributed by atoms with van der Waals surface area (Å²) in [5.41, 5.74) is -0.866. The highest BCUT2D eigenvalue weighted by Gasteiger charge is 2.42. The summed E-state index contributed by atoms with van der Waals surface area (Å²) in [6.07, 6.45) is -0.723. The largest absolute Gasteiger partial charge is 0.511 e. The molecule has 0 heterocycles. The molecule has 0 fully saturated rings. The second-order valence-corrected chi connectivity index (χ2v) is 6.28. The molecule has 1 aromatic carbocycles. The Bertz CT molecular complexity index is 647. The van der Waals surface area contributed by atoms with Gasteiger partial charge in [-0.05, 0) is 29.2 Å². The van der Waals surface area contributed by atoms with Gasteiger partial charge in [0.05, 0.1) is 12.1 Å². The van der Waals surface area contributed by atoms with Gasteiger partial charge < -0.3 is 20.6 Å². The summed E-state index contributed by atoms with van der Waals surface area (Å²) in [5.74, 6) is -5.02. The van der Waals surface area contributed by atoms with Crippen molar-refractivity contribution in [2.75, 3.05) is 11.9 Å². The summed E-state index contributed by atoms with van der Waals surface area (Å²) < 4.78 is 11.5. The van der Waals surface area contributed by atoms with E-state index in [2.05, 4.69) is 5.32 Å². The first-order valence-electron chi connectivity index (χ1n) is 6.89. The molecular weight excluding hydrogens is 341 g/mol. The Balaban J connectivity index is 2.86. The van der Waals surface area contributed by atoms with Crippen LogP contribution in [0.4, 0.5) is 5.69 Å². The molecule has 130 valence electrons. The zero-order valence-electron chi connectivity index (χ0n) is 12.5. The van der Waals surface area contributed by atoms with Crippen molar-refractivity contribution in [3.05, 3.63) is 29.8 Å². The van der Waals surface area contributed by atoms with Gasteiger partial charge in [0.2, 0.25) is 5.66 Å². The molecule has 3 atom stereocenters. The number of hydrogen-bond donors (Lipinski definition) is 5. The Morgan fingerprint density at radius 3 is 2.33 bits per heavy atom. The zero-order valence-corrected chi connectivity index (χ0v) is 13.3. The lowest BCUT2D eigenvalue weighted by molar-refractivity contribution is -0.143. The van der Waals surface area contributed by atoms with Crippen molar-refractivity contribution >= 4 is 31.6 Å². The number of nitrogens with one attached hydrogen (secondary N) is 1. The average molecular weight is 358 g/mol. The van der Waals surface area contributed by atoms with Crippen molar-refractivity contribution in [3.8, 4) is 0 Å². The van der Waals surface area contributed by atoms with Gasteiger partial charge in [-0.15, -0.1) is 0 Å². The van der Waals surface area contributed by atoms with Crippen molar-refractivity contribution in [2.24, 2.45) is 5.92 Å². The van der Waals surface area contributed by atoms with Crippen LogP contribution in [0.1, 0.15) is 23.2 Å². The van der Waals surface area contributed by atoms with Gasteiger partial charge in [-0.3, -0.25) is 9.59 Å². The van der Waals surface area contributed by atoms with Gasteiger partial charge in [-0.25, -0.2) is 4.79 Å². The summed E-state index contributed by atoms with van der Waals surface area (Å²) in [4.78, 5) is 42.2. The summed E-state index contributed by atoms with van der Waals surface area (Å²) in [7, 11) is -2.89. The van der Waals surface area contributed by atoms with Crippen molar-refractivity contribution in [3.63, 3.8) is 0 Å². The Hall–Kier alpha value is -2.51. The van der Waals surface area contributed by atoms with Gasteiger partial charge in [0.25, 0.3) is 0 Å². The number of carboxylic acids is 3. The Morgan fingerprint density at radius 1 is 1.17 bits per heavy atom. The van der Waals surface area contributed by atoms with E-state index in [0.717, 1.165) is 0 Å². The van der Waals surface area contributed by atoms with E-state index in [1.165, 1.54) is 24.3 Å². The molecule has 1 rings (SSSR count). The molecule has 0 saturated heterocycles. The minimum Gasteiger partial charge on any atom is -0.481 e. The number of carbonyl (C=O) groups is 3. The number of aromatic carboxylic acids is 1. The monoisotopic (exact) mass is 358 g/mol. The van der Waals surface area contributed by atoms with Crippen LogP contribution in [0.25, 0.3) is 0 Å². The van der Waals surface area contributed by atoms with E-state index in [1.54, 1.807) is 0 Å². The third-order valence-corrected chi connectivity index (χ3v) is 4.47. The van der Waals surface area contributed by atoms with E-state index in [9.17, 15) is 28.9 Å². The number of hydrogen-bond acceptors (Lipinski definition) is 5. The van der Waals surface area contributed by atoms with E-state index in [0.29, 0.717) is 5.69 Å². The summed E-state index contributed by atoms with van der Waals surface area (Å²) in [6, 6.07) is 5.67. The minimum absolute atomic E-state index is 0.00518. The van der Waals surface area contributed by atoms with Crippen LogP contribution >= 0.6 is 8.03 Å². The first-order valence-corrected chi connectivity index (χ1v) is 8.17. The Morgan fingerprint density at radius 2 is 1.83 bits per heavy atom. The number of anilines is 1. The fourth-order valence-corrected chi connectivity index (χ4v) is 2.95. The van der Waals surface area contributed by atoms with Crippen molar-refractivity contribution in [2.45, 2.75) is 18.5 Å². The van der Waals surface area contributed by atoms with Gasteiger partial charge in [0.15, 0.2) is 0 Å². The third-order valence-electron chi connectivity index (χ3n) is 3.36. The highest BCUT2D eigenvalue weighted by molar-refractivity contribution is 7.39. The van der Waals surface area contributed by atoms with E-state index in [1.807, 2.05) is 0 Å². The van der Waals surface area contributed by atoms with Crippen LogP contribution in [-0.2, 0) is 14.2 Å². The van der Waals surface area contributed by atoms with Crippen molar-refractivity contribution in [1.29, 1.82) is 0 Å². The van der Waals surface area contributed by atoms with Crippen LogP contribution in [0.15, 0.2) is 24.3 Å². The molecule has 0 radical (unpaired) electrons. The summed E-state index contributed by atoms with van der Waals surface area (Å²) >= 11 is 0. The second kappa shape index (κ2) is 8.95. The maximum absolute atomic E-state index is 11.5. The van der Waals surface area contributed by atoms with E-state index in [4.69, 9.17) is 10.2 Å². The maximum Gasteiger partial charge on any atom is 0.511 e. The highest BCUT2D eigenvalue weighted by Crippen LogP contribution is 2.32. The molecule has 0 aliphatic rings. The zero-order chi connectivity index (χ0) is 18.3. The summed E-state index contributed by atoms with van der Waals surface area (Å²) in [5, 5.41) is 29.5. The van der Waals surface area contributed by atoms with Crippen molar-refractivity contribution < 1.29 is 39.2 Å². The topological polar surface area (TPSA) is 161 Å². The standard InChI is InChI=1S/C14H16NO8P/c16-12(17)5-4-10(14(20)21)11(24(22)23)7-15-9-3-1-2-8(6-9)13(18)19/h1-3,6,10-11,15H,4-5,7H2,(H3-,16,17,18,19,20,21,22,23)/p+1. The molecule has 1 aromatic rings. The molecule has 24 heavy (non-hydrogen) atoms. The average Bonchev–Trinajstić information content (AvgIpc) is 2.49. The van der Waals surface area contributed by atoms with Crippen LogP contribution < -0.4 is 5.32 Å². The normalized spacial score (nSPS) is 13.6. The van der Waals surface area contributed by atoms with Crippen LogP contribution in [-0.4, -0.2) is 50.3 Å². The number of carboxylic acid groups (broad SMARTS) is 3. The predicted molar refractivity (Wildman–Crippen MR) is 83.5 cm³/mol. The molecule has 9 nitrogen and oxygen atoms in total. The smallest absolute Gasteiger partial charge is 0.481 e. The lowest BCUT2D eigenvalue weighted by atomic mass is 9.99. The summed E-state index contributed by atoms with van der Waals surface area (Å²) in [6.45, 7) is -0.217. The third kappa shape index (κ3) is 5.94. The molecule has 0 saturated carbocycles. The maximum atomic E-state index is 11.5. The van der Waals surface area contributed by atoms with E-state index in [-0.39, 0.29) is 18.5 Å². The van der Waals surface area contributed by atoms with Crippen LogP contribution in [0.5, 0.6) is 0 Å². The number of rotatable bonds is 10. The molecule has 5 N–H and O–H groups in total. The first kappa shape index (κ1) is 19.5. The molecule has 0 aliphatic carbocycles. The van der Waals surface area contributed by atoms with E-state index < -0.39 is 43.9 Å². The fourth-order valence-electron chi connectivity index (χ4n) is 2.12. The fraction of sp³-hybridized carbons (Fsp3) is 0.357. The molecule has 10 heteroatoms. The lowest BCUT2D eigenvalue weighted by Crippen LogP contribution is -2.32. The molecule has 0 bridgehead atoms. The molecular formula is C14H17NO8P+. The molecule has 0 amide bonds. The van der Waals surface area contributed by atoms with Crippen LogP contribution in [0.2, 0.25) is 0 Å². The Labute approximate surface area is 137 Å². The predicted octanol–water partition coefficient (Wildman–Crippen LogP) is 1.47. The molecule has 3 unspecified atom stereocenters. The number of benzene rings is 1. The minimum atomic E-state index is -2.89. The van der Waals surface area contributed by atoms with E-state index >= 15 is 0 Å². The van der Waals surface area contributed by atoms with Gasteiger partial charge in [0, 0.05) is 12.1 Å². The van der Waals surface area contributed by atoms with Gasteiger partial charge in [-0.2, -0.15) is 4.89 Å².